The van der Waals surface area contributed by atoms with Crippen LogP contribution in [0.2, 0.25) is 0 Å². The lowest BCUT2D eigenvalue weighted by Crippen LogP contribution is -2.06. The van der Waals surface area contributed by atoms with Gasteiger partial charge in [0.1, 0.15) is 5.65 Å². The first kappa shape index (κ1) is 10.7. The van der Waals surface area contributed by atoms with Crippen molar-refractivity contribution >= 4 is 11.0 Å². The molecule has 3 rings (SSSR count). The minimum Gasteiger partial charge on any atom is -0.401 e. The highest BCUT2D eigenvalue weighted by Gasteiger charge is 2.07. The highest BCUT2D eigenvalue weighted by molar-refractivity contribution is 5.82. The van der Waals surface area contributed by atoms with Crippen LogP contribution >= 0.6 is 0 Å². The van der Waals surface area contributed by atoms with Gasteiger partial charge in [-0.3, -0.25) is 0 Å². The summed E-state index contributed by atoms with van der Waals surface area (Å²) in [4.78, 5) is 7.60. The zero-order chi connectivity index (χ0) is 12.5. The van der Waals surface area contributed by atoms with E-state index in [2.05, 4.69) is 27.2 Å². The van der Waals surface area contributed by atoms with Crippen LogP contribution in [0.3, 0.4) is 0 Å². The lowest BCUT2D eigenvalue weighted by molar-refractivity contribution is 0.791. The Kier molecular flexibility index (Phi) is 2.41. The Balaban J connectivity index is 2.08. The quantitative estimate of drug-likeness (QED) is 0.736. The third-order valence-corrected chi connectivity index (χ3v) is 2.87. The molecule has 0 aliphatic heterocycles. The van der Waals surface area contributed by atoms with E-state index < -0.39 is 0 Å². The Bertz CT molecular complexity index is 672. The standard InChI is InChI=1S/C14H14N4/c1-10(15)9-18-7-3-5-13(18)12-8-11-4-2-6-16-14(11)17-12/h2-8H,1,9,15H2,(H,16,17). The van der Waals surface area contributed by atoms with Gasteiger partial charge in [-0.25, -0.2) is 4.98 Å². The van der Waals surface area contributed by atoms with Gasteiger partial charge in [-0.1, -0.05) is 6.58 Å². The molecular formula is C14H14N4. The molecule has 0 amide bonds. The van der Waals surface area contributed by atoms with Crippen molar-refractivity contribution in [2.75, 3.05) is 0 Å². The van der Waals surface area contributed by atoms with E-state index >= 15 is 0 Å². The van der Waals surface area contributed by atoms with E-state index in [4.69, 9.17) is 5.73 Å². The van der Waals surface area contributed by atoms with E-state index in [1.807, 2.05) is 30.5 Å². The van der Waals surface area contributed by atoms with Crippen LogP contribution in [0.5, 0.6) is 0 Å². The summed E-state index contributed by atoms with van der Waals surface area (Å²) < 4.78 is 2.06. The van der Waals surface area contributed by atoms with Crippen molar-refractivity contribution in [3.05, 3.63) is 55.0 Å². The van der Waals surface area contributed by atoms with E-state index in [0.29, 0.717) is 12.2 Å². The van der Waals surface area contributed by atoms with Crippen LogP contribution in [0.15, 0.2) is 55.0 Å². The topological polar surface area (TPSA) is 59.6 Å². The molecule has 90 valence electrons. The van der Waals surface area contributed by atoms with Crippen molar-refractivity contribution in [1.29, 1.82) is 0 Å². The number of fused-ring (bicyclic) bond motifs is 1. The Morgan fingerprint density at radius 3 is 3.06 bits per heavy atom. The summed E-state index contributed by atoms with van der Waals surface area (Å²) in [5.41, 5.74) is 9.32. The molecule has 0 atom stereocenters. The van der Waals surface area contributed by atoms with Gasteiger partial charge in [0.25, 0.3) is 0 Å². The van der Waals surface area contributed by atoms with Crippen LogP contribution in [0.25, 0.3) is 22.4 Å². The molecule has 0 aliphatic carbocycles. The fourth-order valence-electron chi connectivity index (χ4n) is 2.11. The van der Waals surface area contributed by atoms with Crippen molar-refractivity contribution < 1.29 is 0 Å². The minimum atomic E-state index is 0.616. The lowest BCUT2D eigenvalue weighted by Gasteiger charge is -2.07. The summed E-state index contributed by atoms with van der Waals surface area (Å²) in [5.74, 6) is 0. The number of hydrogen-bond acceptors (Lipinski definition) is 2. The molecule has 0 aliphatic rings. The molecule has 4 nitrogen and oxygen atoms in total. The maximum atomic E-state index is 5.67. The molecular weight excluding hydrogens is 224 g/mol. The Hall–Kier alpha value is -2.49. The maximum Gasteiger partial charge on any atom is 0.137 e. The van der Waals surface area contributed by atoms with Crippen molar-refractivity contribution in [2.45, 2.75) is 6.54 Å². The van der Waals surface area contributed by atoms with Gasteiger partial charge in [0.05, 0.1) is 17.9 Å². The first-order chi connectivity index (χ1) is 8.74. The van der Waals surface area contributed by atoms with E-state index in [1.165, 1.54) is 0 Å². The molecule has 0 fully saturated rings. The number of nitrogens with zero attached hydrogens (tertiary/aromatic N) is 2. The number of aromatic amines is 1. The van der Waals surface area contributed by atoms with Crippen LogP contribution in [0.4, 0.5) is 0 Å². The Labute approximate surface area is 105 Å². The monoisotopic (exact) mass is 238 g/mol. The van der Waals surface area contributed by atoms with E-state index in [0.717, 1.165) is 22.4 Å². The van der Waals surface area contributed by atoms with Crippen LogP contribution in [-0.4, -0.2) is 14.5 Å². The Morgan fingerprint density at radius 1 is 1.39 bits per heavy atom. The van der Waals surface area contributed by atoms with Crippen LogP contribution in [0.1, 0.15) is 0 Å². The number of hydrogen-bond donors (Lipinski definition) is 2. The minimum absolute atomic E-state index is 0.616. The van der Waals surface area contributed by atoms with Crippen molar-refractivity contribution in [3.8, 4) is 11.4 Å². The molecule has 3 heterocycles. The highest BCUT2D eigenvalue weighted by atomic mass is 15.0. The molecule has 18 heavy (non-hydrogen) atoms. The summed E-state index contributed by atoms with van der Waals surface area (Å²) in [6.07, 6.45) is 3.77. The number of aromatic nitrogens is 3. The largest absolute Gasteiger partial charge is 0.401 e. The van der Waals surface area contributed by atoms with Crippen LogP contribution < -0.4 is 5.73 Å². The lowest BCUT2D eigenvalue weighted by atomic mass is 10.2. The van der Waals surface area contributed by atoms with Crippen LogP contribution in [0, 0.1) is 0 Å². The van der Waals surface area contributed by atoms with Gasteiger partial charge in [0, 0.05) is 23.5 Å². The molecule has 3 aromatic heterocycles. The third-order valence-electron chi connectivity index (χ3n) is 2.87. The maximum absolute atomic E-state index is 5.67. The number of nitrogens with two attached hydrogens (primary N) is 1. The van der Waals surface area contributed by atoms with Gasteiger partial charge >= 0.3 is 0 Å². The molecule has 0 bridgehead atoms. The molecule has 3 aromatic rings. The molecule has 0 radical (unpaired) electrons. The summed E-state index contributed by atoms with van der Waals surface area (Å²) >= 11 is 0. The summed E-state index contributed by atoms with van der Waals surface area (Å²) in [6.45, 7) is 4.36. The van der Waals surface area contributed by atoms with Gasteiger partial charge < -0.3 is 15.3 Å². The van der Waals surface area contributed by atoms with Gasteiger partial charge in [-0.2, -0.15) is 0 Å². The predicted octanol–water partition coefficient (Wildman–Crippen LogP) is 2.50. The molecule has 3 N–H and O–H groups in total. The summed E-state index contributed by atoms with van der Waals surface area (Å²) in [7, 11) is 0. The zero-order valence-electron chi connectivity index (χ0n) is 9.93. The SMILES string of the molecule is C=C(N)Cn1cccc1-c1cc2cccnc2[nH]1. The molecule has 0 saturated carbocycles. The number of rotatable bonds is 3. The summed E-state index contributed by atoms with van der Waals surface area (Å²) in [6, 6.07) is 10.1. The van der Waals surface area contributed by atoms with E-state index in [-0.39, 0.29) is 0 Å². The van der Waals surface area contributed by atoms with Gasteiger partial charge in [-0.15, -0.1) is 0 Å². The number of pyridine rings is 1. The average Bonchev–Trinajstić information content (AvgIpc) is 2.93. The smallest absolute Gasteiger partial charge is 0.137 e. The number of nitrogens with one attached hydrogen (secondary N) is 1. The first-order valence-electron chi connectivity index (χ1n) is 5.76. The fraction of sp³-hybridized carbons (Fsp3) is 0.0714. The predicted molar refractivity (Wildman–Crippen MR) is 72.8 cm³/mol. The van der Waals surface area contributed by atoms with Crippen molar-refractivity contribution in [1.82, 2.24) is 14.5 Å². The summed E-state index contributed by atoms with van der Waals surface area (Å²) in [5, 5.41) is 1.10. The average molecular weight is 238 g/mol. The van der Waals surface area contributed by atoms with Crippen molar-refractivity contribution in [2.24, 2.45) is 5.73 Å². The number of H-pyrrole nitrogens is 1. The molecule has 0 saturated heterocycles. The molecule has 4 heteroatoms. The number of allylic oxidation sites excluding steroid dienone is 1. The normalized spacial score (nSPS) is 10.9. The Morgan fingerprint density at radius 2 is 2.28 bits per heavy atom. The van der Waals surface area contributed by atoms with Crippen LogP contribution in [-0.2, 0) is 6.54 Å². The first-order valence-corrected chi connectivity index (χ1v) is 5.76. The zero-order valence-corrected chi connectivity index (χ0v) is 9.93. The van der Waals surface area contributed by atoms with Gasteiger partial charge in [0.2, 0.25) is 0 Å². The van der Waals surface area contributed by atoms with E-state index in [1.54, 1.807) is 6.20 Å². The second-order valence-corrected chi connectivity index (χ2v) is 4.30. The van der Waals surface area contributed by atoms with Gasteiger partial charge in [0.15, 0.2) is 0 Å². The van der Waals surface area contributed by atoms with E-state index in [9.17, 15) is 0 Å². The highest BCUT2D eigenvalue weighted by Crippen LogP contribution is 2.23. The second kappa shape index (κ2) is 4.07. The molecule has 0 spiro atoms. The third kappa shape index (κ3) is 1.78. The molecule has 0 aromatic carbocycles. The molecule has 0 unspecified atom stereocenters. The van der Waals surface area contributed by atoms with Crippen molar-refractivity contribution in [3.63, 3.8) is 0 Å². The fourth-order valence-corrected chi connectivity index (χ4v) is 2.11. The second-order valence-electron chi connectivity index (χ2n) is 4.30. The van der Waals surface area contributed by atoms with Gasteiger partial charge in [-0.05, 0) is 30.3 Å².